The Morgan fingerprint density at radius 1 is 1.11 bits per heavy atom. The van der Waals surface area contributed by atoms with Crippen LogP contribution in [0.2, 0.25) is 0 Å². The van der Waals surface area contributed by atoms with Crippen molar-refractivity contribution in [2.75, 3.05) is 38.0 Å². The van der Waals surface area contributed by atoms with Crippen molar-refractivity contribution in [2.45, 2.75) is 33.1 Å². The average molecular weight is 383 g/mol. The lowest BCUT2D eigenvalue weighted by Crippen LogP contribution is -2.49. The molecule has 2 amide bonds. The van der Waals surface area contributed by atoms with E-state index >= 15 is 0 Å². The van der Waals surface area contributed by atoms with Crippen LogP contribution >= 0.6 is 0 Å². The number of benzene rings is 1. The number of hydrogen-bond donors (Lipinski definition) is 1. The fourth-order valence-corrected chi connectivity index (χ4v) is 3.53. The molecule has 3 rings (SSSR count). The Morgan fingerprint density at radius 2 is 1.86 bits per heavy atom. The Hall–Kier alpha value is -2.60. The first-order chi connectivity index (χ1) is 13.5. The Balaban J connectivity index is 1.47. The van der Waals surface area contributed by atoms with Crippen molar-refractivity contribution in [2.24, 2.45) is 0 Å². The second-order valence-corrected chi connectivity index (χ2v) is 7.60. The SMILES string of the molecule is Cc1cccc(C(C)C)c1NC(=O)CCN1CCN(C(=O)c2ccco2)CC1. The molecule has 1 saturated heterocycles. The molecule has 1 aromatic carbocycles. The lowest BCUT2D eigenvalue weighted by atomic mass is 9.98. The van der Waals surface area contributed by atoms with Crippen LogP contribution in [0.15, 0.2) is 41.0 Å². The Kier molecular flexibility index (Phi) is 6.52. The predicted octanol–water partition coefficient (Wildman–Crippen LogP) is 3.50. The van der Waals surface area contributed by atoms with Crippen molar-refractivity contribution in [1.29, 1.82) is 0 Å². The summed E-state index contributed by atoms with van der Waals surface area (Å²) in [4.78, 5) is 28.8. The van der Waals surface area contributed by atoms with Crippen molar-refractivity contribution < 1.29 is 14.0 Å². The number of carbonyl (C=O) groups is 2. The lowest BCUT2D eigenvalue weighted by Gasteiger charge is -2.34. The number of rotatable bonds is 6. The standard InChI is InChI=1S/C22H29N3O3/c1-16(2)18-7-4-6-17(3)21(18)23-20(26)9-10-24-11-13-25(14-12-24)22(27)19-8-5-15-28-19/h4-8,15-16H,9-14H2,1-3H3,(H,23,26). The van der Waals surface area contributed by atoms with Crippen molar-refractivity contribution >= 4 is 17.5 Å². The normalized spacial score (nSPS) is 15.1. The smallest absolute Gasteiger partial charge is 0.289 e. The number of piperazine rings is 1. The van der Waals surface area contributed by atoms with E-state index in [1.165, 1.54) is 11.8 Å². The zero-order valence-electron chi connectivity index (χ0n) is 16.9. The molecule has 1 N–H and O–H groups in total. The molecule has 0 atom stereocenters. The van der Waals surface area contributed by atoms with Gasteiger partial charge in [-0.3, -0.25) is 14.5 Å². The summed E-state index contributed by atoms with van der Waals surface area (Å²) in [6.45, 7) is 9.81. The van der Waals surface area contributed by atoms with E-state index in [9.17, 15) is 9.59 Å². The van der Waals surface area contributed by atoms with Gasteiger partial charge in [0, 0.05) is 44.8 Å². The van der Waals surface area contributed by atoms with Gasteiger partial charge in [-0.2, -0.15) is 0 Å². The van der Waals surface area contributed by atoms with Crippen molar-refractivity contribution in [3.8, 4) is 0 Å². The Morgan fingerprint density at radius 3 is 2.50 bits per heavy atom. The number of amides is 2. The number of nitrogens with zero attached hydrogens (tertiary/aromatic N) is 2. The van der Waals surface area contributed by atoms with Crippen LogP contribution < -0.4 is 5.32 Å². The fraction of sp³-hybridized carbons (Fsp3) is 0.455. The molecule has 2 aromatic rings. The summed E-state index contributed by atoms with van der Waals surface area (Å²) in [7, 11) is 0. The van der Waals surface area contributed by atoms with Gasteiger partial charge >= 0.3 is 0 Å². The summed E-state index contributed by atoms with van der Waals surface area (Å²) in [5.41, 5.74) is 3.19. The molecule has 0 saturated carbocycles. The molecule has 28 heavy (non-hydrogen) atoms. The van der Waals surface area contributed by atoms with Crippen molar-refractivity contribution in [1.82, 2.24) is 9.80 Å². The first-order valence-electron chi connectivity index (χ1n) is 9.90. The molecular formula is C22H29N3O3. The van der Waals surface area contributed by atoms with Crippen LogP contribution in [0, 0.1) is 6.92 Å². The molecule has 0 aliphatic carbocycles. The maximum absolute atomic E-state index is 12.5. The number of nitrogens with one attached hydrogen (secondary N) is 1. The quantitative estimate of drug-likeness (QED) is 0.829. The predicted molar refractivity (Wildman–Crippen MR) is 110 cm³/mol. The van der Waals surface area contributed by atoms with Gasteiger partial charge < -0.3 is 14.6 Å². The molecule has 1 fully saturated rings. The molecule has 1 aromatic heterocycles. The molecule has 1 aliphatic rings. The zero-order valence-corrected chi connectivity index (χ0v) is 16.9. The van der Waals surface area contributed by atoms with Gasteiger partial charge in [-0.25, -0.2) is 0 Å². The van der Waals surface area contributed by atoms with Crippen molar-refractivity contribution in [3.05, 3.63) is 53.5 Å². The summed E-state index contributed by atoms with van der Waals surface area (Å²) in [6.07, 6.45) is 1.96. The largest absolute Gasteiger partial charge is 0.459 e. The van der Waals surface area contributed by atoms with Crippen LogP contribution in [-0.4, -0.2) is 54.3 Å². The van der Waals surface area contributed by atoms with Gasteiger partial charge in [-0.05, 0) is 36.1 Å². The summed E-state index contributed by atoms with van der Waals surface area (Å²) in [6, 6.07) is 9.54. The highest BCUT2D eigenvalue weighted by molar-refractivity contribution is 5.93. The Labute approximate surface area is 166 Å². The first-order valence-corrected chi connectivity index (χ1v) is 9.90. The second kappa shape index (κ2) is 9.06. The number of carbonyl (C=O) groups excluding carboxylic acids is 2. The summed E-state index contributed by atoms with van der Waals surface area (Å²) >= 11 is 0. The molecule has 1 aliphatic heterocycles. The molecule has 2 heterocycles. The number of anilines is 1. The van der Waals surface area contributed by atoms with E-state index in [-0.39, 0.29) is 11.8 Å². The second-order valence-electron chi connectivity index (χ2n) is 7.60. The van der Waals surface area contributed by atoms with Gasteiger partial charge in [-0.1, -0.05) is 32.0 Å². The fourth-order valence-electron chi connectivity index (χ4n) is 3.53. The summed E-state index contributed by atoms with van der Waals surface area (Å²) < 4.78 is 5.19. The number of furan rings is 1. The monoisotopic (exact) mass is 383 g/mol. The van der Waals surface area contributed by atoms with Crippen LogP contribution in [0.1, 0.15) is 47.9 Å². The van der Waals surface area contributed by atoms with Gasteiger partial charge in [0.25, 0.3) is 5.91 Å². The molecule has 0 bridgehead atoms. The van der Waals surface area contributed by atoms with E-state index in [1.54, 1.807) is 17.0 Å². The molecule has 6 nitrogen and oxygen atoms in total. The van der Waals surface area contributed by atoms with Crippen LogP contribution in [0.4, 0.5) is 5.69 Å². The van der Waals surface area contributed by atoms with Gasteiger partial charge in [0.15, 0.2) is 5.76 Å². The minimum Gasteiger partial charge on any atom is -0.459 e. The van der Waals surface area contributed by atoms with E-state index in [0.29, 0.717) is 37.7 Å². The van der Waals surface area contributed by atoms with E-state index in [0.717, 1.165) is 24.3 Å². The topological polar surface area (TPSA) is 65.8 Å². The van der Waals surface area contributed by atoms with Crippen LogP contribution in [0.3, 0.4) is 0 Å². The van der Waals surface area contributed by atoms with Crippen molar-refractivity contribution in [3.63, 3.8) is 0 Å². The van der Waals surface area contributed by atoms with E-state index in [4.69, 9.17) is 4.42 Å². The lowest BCUT2D eigenvalue weighted by molar-refractivity contribution is -0.116. The van der Waals surface area contributed by atoms with Gasteiger partial charge in [0.1, 0.15) is 0 Å². The molecule has 0 unspecified atom stereocenters. The van der Waals surface area contributed by atoms with Crippen LogP contribution in [-0.2, 0) is 4.79 Å². The molecular weight excluding hydrogens is 354 g/mol. The van der Waals surface area contributed by atoms with E-state index in [1.807, 2.05) is 19.1 Å². The Bertz CT molecular complexity index is 806. The van der Waals surface area contributed by atoms with Gasteiger partial charge in [0.05, 0.1) is 6.26 Å². The van der Waals surface area contributed by atoms with Crippen LogP contribution in [0.25, 0.3) is 0 Å². The molecule has 6 heteroatoms. The highest BCUT2D eigenvalue weighted by Gasteiger charge is 2.24. The molecule has 0 spiro atoms. The maximum Gasteiger partial charge on any atom is 0.289 e. The minimum absolute atomic E-state index is 0.0327. The third kappa shape index (κ3) is 4.81. The minimum atomic E-state index is -0.0665. The highest BCUT2D eigenvalue weighted by atomic mass is 16.3. The molecule has 0 radical (unpaired) electrons. The average Bonchev–Trinajstić information content (AvgIpc) is 3.22. The number of aryl methyl sites for hydroxylation is 1. The van der Waals surface area contributed by atoms with E-state index in [2.05, 4.69) is 30.1 Å². The van der Waals surface area contributed by atoms with E-state index < -0.39 is 0 Å². The third-order valence-electron chi connectivity index (χ3n) is 5.24. The van der Waals surface area contributed by atoms with Gasteiger partial charge in [0.2, 0.25) is 5.91 Å². The zero-order chi connectivity index (χ0) is 20.1. The third-order valence-corrected chi connectivity index (χ3v) is 5.24. The maximum atomic E-state index is 12.5. The number of para-hydroxylation sites is 1. The number of hydrogen-bond acceptors (Lipinski definition) is 4. The summed E-state index contributed by atoms with van der Waals surface area (Å²) in [5.74, 6) is 0.704. The first kappa shape index (κ1) is 20.1. The van der Waals surface area contributed by atoms with Gasteiger partial charge in [-0.15, -0.1) is 0 Å². The van der Waals surface area contributed by atoms with Crippen LogP contribution in [0.5, 0.6) is 0 Å². The summed E-state index contributed by atoms with van der Waals surface area (Å²) in [5, 5.41) is 3.10. The highest BCUT2D eigenvalue weighted by Crippen LogP contribution is 2.27. The molecule has 150 valence electrons.